The van der Waals surface area contributed by atoms with Crippen molar-refractivity contribution in [3.05, 3.63) is 108 Å². The first-order chi connectivity index (χ1) is 18.5. The van der Waals surface area contributed by atoms with Gasteiger partial charge in [0.2, 0.25) is 0 Å². The van der Waals surface area contributed by atoms with Crippen LogP contribution >= 0.6 is 0 Å². The molecule has 4 rings (SSSR count). The van der Waals surface area contributed by atoms with Gasteiger partial charge in [-0.05, 0) is 29.8 Å². The summed E-state index contributed by atoms with van der Waals surface area (Å²) in [4.78, 5) is 26.0. The van der Waals surface area contributed by atoms with Crippen LogP contribution in [-0.4, -0.2) is 72.7 Å². The molecule has 1 saturated heterocycles. The smallest absolute Gasteiger partial charge is 0.338 e. The van der Waals surface area contributed by atoms with E-state index in [2.05, 4.69) is 0 Å². The van der Waals surface area contributed by atoms with Gasteiger partial charge in [0.1, 0.15) is 12.2 Å². The minimum Gasteiger partial charge on any atom is -0.452 e. The summed E-state index contributed by atoms with van der Waals surface area (Å²) in [7, 11) is 0. The van der Waals surface area contributed by atoms with Crippen molar-refractivity contribution in [1.82, 2.24) is 0 Å². The number of hydrogen-bond acceptors (Lipinski definition) is 9. The van der Waals surface area contributed by atoms with E-state index in [1.807, 2.05) is 30.3 Å². The van der Waals surface area contributed by atoms with E-state index in [1.165, 1.54) is 0 Å². The number of rotatable bonds is 11. The molecule has 1 aliphatic rings. The van der Waals surface area contributed by atoms with Crippen molar-refractivity contribution in [2.45, 2.75) is 37.3 Å². The maximum absolute atomic E-state index is 13.1. The number of ether oxygens (including phenoxy) is 5. The Morgan fingerprint density at radius 1 is 0.789 bits per heavy atom. The van der Waals surface area contributed by atoms with Gasteiger partial charge in [-0.25, -0.2) is 9.59 Å². The fraction of sp³-hybridized carbons (Fsp3) is 0.310. The second-order valence-electron chi connectivity index (χ2n) is 8.68. The highest BCUT2D eigenvalue weighted by Gasteiger charge is 2.47. The zero-order valence-electron chi connectivity index (χ0n) is 20.6. The molecule has 0 radical (unpaired) electrons. The van der Waals surface area contributed by atoms with Crippen LogP contribution < -0.4 is 0 Å². The van der Waals surface area contributed by atoms with E-state index in [9.17, 15) is 19.8 Å². The summed E-state index contributed by atoms with van der Waals surface area (Å²) in [5.41, 5.74) is 1.48. The minimum absolute atomic E-state index is 0.121. The topological polar surface area (TPSA) is 121 Å². The van der Waals surface area contributed by atoms with Crippen LogP contribution in [0.2, 0.25) is 0 Å². The number of hydrogen-bond donors (Lipinski definition) is 2. The van der Waals surface area contributed by atoms with Crippen LogP contribution in [0.5, 0.6) is 0 Å². The van der Waals surface area contributed by atoms with Crippen molar-refractivity contribution >= 4 is 11.9 Å². The molecule has 38 heavy (non-hydrogen) atoms. The molecular formula is C29H30O9. The highest BCUT2D eigenvalue weighted by molar-refractivity contribution is 5.90. The highest BCUT2D eigenvalue weighted by Crippen LogP contribution is 2.27. The van der Waals surface area contributed by atoms with Gasteiger partial charge in [-0.2, -0.15) is 0 Å². The normalized spacial score (nSPS) is 21.8. The van der Waals surface area contributed by atoms with Crippen LogP contribution in [0, 0.1) is 0 Å². The lowest BCUT2D eigenvalue weighted by Crippen LogP contribution is -2.58. The van der Waals surface area contributed by atoms with Gasteiger partial charge in [-0.1, -0.05) is 66.7 Å². The Kier molecular flexibility index (Phi) is 9.97. The molecule has 0 spiro atoms. The van der Waals surface area contributed by atoms with Crippen molar-refractivity contribution < 1.29 is 43.5 Å². The van der Waals surface area contributed by atoms with Gasteiger partial charge in [-0.15, -0.1) is 0 Å². The zero-order chi connectivity index (χ0) is 26.7. The number of aliphatic hydroxyl groups is 2. The lowest BCUT2D eigenvalue weighted by atomic mass is 10.0. The summed E-state index contributed by atoms with van der Waals surface area (Å²) in [6.07, 6.45) is -5.38. The molecule has 2 N–H and O–H groups in total. The van der Waals surface area contributed by atoms with E-state index in [0.29, 0.717) is 11.1 Å². The molecule has 3 aromatic carbocycles. The molecule has 9 nitrogen and oxygen atoms in total. The second kappa shape index (κ2) is 13.8. The van der Waals surface area contributed by atoms with E-state index in [1.54, 1.807) is 60.7 Å². The second-order valence-corrected chi connectivity index (χ2v) is 8.68. The highest BCUT2D eigenvalue weighted by atomic mass is 16.7. The van der Waals surface area contributed by atoms with Crippen LogP contribution in [0.3, 0.4) is 0 Å². The molecule has 5 atom stereocenters. The van der Waals surface area contributed by atoms with Crippen LogP contribution in [0.25, 0.3) is 0 Å². The van der Waals surface area contributed by atoms with Crippen molar-refractivity contribution in [3.8, 4) is 0 Å². The first-order valence-corrected chi connectivity index (χ1v) is 12.2. The Morgan fingerprint density at radius 3 is 1.92 bits per heavy atom. The molecule has 1 heterocycles. The lowest BCUT2D eigenvalue weighted by Gasteiger charge is -2.41. The number of benzene rings is 3. The minimum atomic E-state index is -1.15. The maximum atomic E-state index is 13.1. The van der Waals surface area contributed by atoms with E-state index >= 15 is 0 Å². The fourth-order valence-electron chi connectivity index (χ4n) is 3.88. The summed E-state index contributed by atoms with van der Waals surface area (Å²) in [6, 6.07) is 26.2. The molecule has 9 heteroatoms. The Hall–Kier alpha value is -3.60. The average molecular weight is 523 g/mol. The largest absolute Gasteiger partial charge is 0.452 e. The molecule has 0 bridgehead atoms. The SMILES string of the molecule is O=C(O[C@@H]1[C@@H](OCc2ccccc2)[C@@H](OC[C@H](O)CO)OC[C@H]1OC(=O)c1ccccc1)c1ccccc1. The van der Waals surface area contributed by atoms with Gasteiger partial charge < -0.3 is 33.9 Å². The number of carbonyl (C=O) groups is 2. The molecule has 0 unspecified atom stereocenters. The molecule has 0 amide bonds. The monoisotopic (exact) mass is 522 g/mol. The summed E-state index contributed by atoms with van der Waals surface area (Å²) in [5.74, 6) is -1.25. The van der Waals surface area contributed by atoms with E-state index < -0.39 is 49.3 Å². The lowest BCUT2D eigenvalue weighted by molar-refractivity contribution is -0.286. The molecular weight excluding hydrogens is 492 g/mol. The van der Waals surface area contributed by atoms with E-state index in [0.717, 1.165) is 5.56 Å². The number of aliphatic hydroxyl groups excluding tert-OH is 2. The van der Waals surface area contributed by atoms with Gasteiger partial charge >= 0.3 is 11.9 Å². The zero-order valence-corrected chi connectivity index (χ0v) is 20.6. The van der Waals surface area contributed by atoms with Gasteiger partial charge in [0, 0.05) is 0 Å². The molecule has 3 aromatic rings. The van der Waals surface area contributed by atoms with Crippen molar-refractivity contribution in [3.63, 3.8) is 0 Å². The quantitative estimate of drug-likeness (QED) is 0.366. The summed E-state index contributed by atoms with van der Waals surface area (Å²) in [5, 5.41) is 19.0. The van der Waals surface area contributed by atoms with E-state index in [4.69, 9.17) is 23.7 Å². The van der Waals surface area contributed by atoms with E-state index in [-0.39, 0.29) is 19.8 Å². The Morgan fingerprint density at radius 2 is 1.34 bits per heavy atom. The Bertz CT molecular complexity index is 1140. The third-order valence-electron chi connectivity index (χ3n) is 5.85. The first-order valence-electron chi connectivity index (χ1n) is 12.2. The van der Waals surface area contributed by atoms with Crippen molar-refractivity contribution in [2.24, 2.45) is 0 Å². The Balaban J connectivity index is 1.60. The molecule has 0 saturated carbocycles. The van der Waals surface area contributed by atoms with Crippen LogP contribution in [0.15, 0.2) is 91.0 Å². The third-order valence-corrected chi connectivity index (χ3v) is 5.85. The Labute approximate surface area is 220 Å². The standard InChI is InChI=1S/C29H30O9/c30-16-23(31)18-35-29-26(34-17-20-10-4-1-5-11-20)25(38-28(33)22-14-8-3-9-15-22)24(19-36-29)37-27(32)21-12-6-2-7-13-21/h1-15,23-26,29-31H,16-19H2/t23-,24-,25+,26-,29+/m1/s1. The van der Waals surface area contributed by atoms with Gasteiger partial charge in [0.25, 0.3) is 0 Å². The maximum Gasteiger partial charge on any atom is 0.338 e. The third kappa shape index (κ3) is 7.47. The fourth-order valence-corrected chi connectivity index (χ4v) is 3.88. The van der Waals surface area contributed by atoms with Crippen LogP contribution in [0.4, 0.5) is 0 Å². The molecule has 1 aliphatic heterocycles. The van der Waals surface area contributed by atoms with Crippen molar-refractivity contribution in [1.29, 1.82) is 0 Å². The number of carbonyl (C=O) groups excluding carboxylic acids is 2. The van der Waals surface area contributed by atoms with Gasteiger partial charge in [0.15, 0.2) is 18.5 Å². The summed E-state index contributed by atoms with van der Waals surface area (Å²) < 4.78 is 29.3. The summed E-state index contributed by atoms with van der Waals surface area (Å²) in [6.45, 7) is -0.793. The predicted octanol–water partition coefficient (Wildman–Crippen LogP) is 2.75. The number of esters is 2. The first kappa shape index (κ1) is 27.4. The van der Waals surface area contributed by atoms with Gasteiger partial charge in [-0.3, -0.25) is 0 Å². The molecule has 1 fully saturated rings. The summed E-state index contributed by atoms with van der Waals surface area (Å²) >= 11 is 0. The van der Waals surface area contributed by atoms with Crippen LogP contribution in [0.1, 0.15) is 26.3 Å². The molecule has 0 aliphatic carbocycles. The predicted molar refractivity (Wildman–Crippen MR) is 135 cm³/mol. The van der Waals surface area contributed by atoms with Crippen molar-refractivity contribution in [2.75, 3.05) is 19.8 Å². The average Bonchev–Trinajstić information content (AvgIpc) is 2.97. The van der Waals surface area contributed by atoms with Crippen LogP contribution in [-0.2, 0) is 30.3 Å². The molecule has 0 aromatic heterocycles. The molecule has 200 valence electrons. The van der Waals surface area contributed by atoms with Gasteiger partial charge in [0.05, 0.1) is 37.6 Å².